The van der Waals surface area contributed by atoms with Crippen LogP contribution in [0.25, 0.3) is 0 Å². The summed E-state index contributed by atoms with van der Waals surface area (Å²) in [5.74, 6) is -0.984. The van der Waals surface area contributed by atoms with Gasteiger partial charge in [-0.3, -0.25) is 0 Å². The predicted octanol–water partition coefficient (Wildman–Crippen LogP) is 2.28. The summed E-state index contributed by atoms with van der Waals surface area (Å²) in [5, 5.41) is 22.1. The van der Waals surface area contributed by atoms with Gasteiger partial charge in [0.25, 0.3) is 0 Å². The van der Waals surface area contributed by atoms with Crippen LogP contribution in [0.2, 0.25) is 0 Å². The molecule has 1 fully saturated rings. The van der Waals surface area contributed by atoms with Gasteiger partial charge in [-0.05, 0) is 30.2 Å². The Morgan fingerprint density at radius 3 is 2.63 bits per heavy atom. The minimum Gasteiger partial charge on any atom is -0.478 e. The Labute approximate surface area is 159 Å². The zero-order valence-corrected chi connectivity index (χ0v) is 16.2. The Balaban J connectivity index is 1.74. The second-order valence-electron chi connectivity index (χ2n) is 7.17. The Kier molecular flexibility index (Phi) is 5.82. The van der Waals surface area contributed by atoms with Gasteiger partial charge in [0.1, 0.15) is 11.4 Å². The maximum absolute atomic E-state index is 11.9. The van der Waals surface area contributed by atoms with E-state index in [9.17, 15) is 19.6 Å². The van der Waals surface area contributed by atoms with Crippen LogP contribution >= 0.6 is 8.46 Å². The summed E-state index contributed by atoms with van der Waals surface area (Å²) in [6.45, 7) is 2.47. The van der Waals surface area contributed by atoms with Crippen LogP contribution in [0.1, 0.15) is 28.4 Å². The summed E-state index contributed by atoms with van der Waals surface area (Å²) in [5.41, 5.74) is 1.31. The van der Waals surface area contributed by atoms with E-state index >= 15 is 0 Å². The zero-order valence-electron chi connectivity index (χ0n) is 15.1. The summed E-state index contributed by atoms with van der Waals surface area (Å²) in [4.78, 5) is 11.2. The van der Waals surface area contributed by atoms with Crippen LogP contribution in [0.5, 0.6) is 0 Å². The van der Waals surface area contributed by atoms with Crippen molar-refractivity contribution in [2.24, 2.45) is 0 Å². The number of hydrogen-bond donors (Lipinski definition) is 3. The van der Waals surface area contributed by atoms with Gasteiger partial charge < -0.3 is 24.8 Å². The van der Waals surface area contributed by atoms with E-state index in [2.05, 4.69) is 5.32 Å². The summed E-state index contributed by atoms with van der Waals surface area (Å²) < 4.78 is 17.8. The molecule has 1 aliphatic heterocycles. The Bertz CT molecular complexity index is 820. The smallest absolute Gasteiger partial charge is 0.335 e. The highest BCUT2D eigenvalue weighted by atomic mass is 31.1. The fraction of sp³-hybridized carbons (Fsp3) is 0.350. The van der Waals surface area contributed by atoms with Crippen LogP contribution in [0.4, 0.5) is 0 Å². The van der Waals surface area contributed by atoms with Crippen LogP contribution in [0.3, 0.4) is 0 Å². The molecule has 144 valence electrons. The number of ether oxygens (including phenoxy) is 1. The van der Waals surface area contributed by atoms with Crippen molar-refractivity contribution < 1.29 is 24.3 Å². The first-order valence-corrected chi connectivity index (χ1v) is 9.84. The Hall–Kier alpha value is -1.98. The number of aliphatic hydroxyl groups is 1. The third kappa shape index (κ3) is 4.30. The monoisotopic (exact) mass is 389 g/mol. The molecule has 7 heteroatoms. The summed E-state index contributed by atoms with van der Waals surface area (Å²) in [7, 11) is -1.47. The van der Waals surface area contributed by atoms with Gasteiger partial charge in [0.15, 0.2) is 0 Å². The molecule has 4 atom stereocenters. The quantitative estimate of drug-likeness (QED) is 0.656. The largest absolute Gasteiger partial charge is 0.478 e. The summed E-state index contributed by atoms with van der Waals surface area (Å²) in [6, 6.07) is 16.1. The molecule has 0 amide bonds. The van der Waals surface area contributed by atoms with E-state index in [-0.39, 0.29) is 18.6 Å². The maximum Gasteiger partial charge on any atom is 0.335 e. The minimum absolute atomic E-state index is 0.210. The third-order valence-corrected chi connectivity index (χ3v) is 6.07. The highest BCUT2D eigenvalue weighted by Gasteiger charge is 2.43. The molecule has 0 spiro atoms. The molecule has 6 nitrogen and oxygen atoms in total. The number of aromatic carboxylic acids is 1. The van der Waals surface area contributed by atoms with Crippen LogP contribution < -0.4 is 5.32 Å². The van der Waals surface area contributed by atoms with Crippen LogP contribution in [0.15, 0.2) is 54.6 Å². The van der Waals surface area contributed by atoms with E-state index in [1.807, 2.05) is 43.3 Å². The van der Waals surface area contributed by atoms with Gasteiger partial charge in [0.05, 0.1) is 26.2 Å². The number of nitrogens with one attached hydrogen (secondary N) is 1. The number of benzene rings is 2. The van der Waals surface area contributed by atoms with Gasteiger partial charge in [-0.1, -0.05) is 42.5 Å². The number of carboxylic acids is 1. The third-order valence-electron chi connectivity index (χ3n) is 5.09. The van der Waals surface area contributed by atoms with Crippen molar-refractivity contribution in [1.82, 2.24) is 5.32 Å². The van der Waals surface area contributed by atoms with Crippen LogP contribution in [-0.2, 0) is 21.3 Å². The van der Waals surface area contributed by atoms with Crippen molar-refractivity contribution in [3.63, 3.8) is 0 Å². The van der Waals surface area contributed by atoms with Crippen LogP contribution in [0, 0.1) is 0 Å². The zero-order chi connectivity index (χ0) is 19.5. The lowest BCUT2D eigenvalue weighted by atomic mass is 9.89. The molecule has 2 unspecified atom stereocenters. The molecule has 0 saturated carbocycles. The van der Waals surface area contributed by atoms with Gasteiger partial charge in [0.2, 0.25) is 0 Å². The second kappa shape index (κ2) is 7.95. The fourth-order valence-corrected chi connectivity index (χ4v) is 4.04. The summed E-state index contributed by atoms with van der Waals surface area (Å²) in [6.07, 6.45) is -0.356. The molecule has 2 aromatic rings. The number of carbonyl (C=O) groups is 1. The molecule has 1 heterocycles. The maximum atomic E-state index is 11.9. The molecule has 3 N–H and O–H groups in total. The fourth-order valence-electron chi connectivity index (χ4n) is 3.35. The van der Waals surface area contributed by atoms with E-state index in [1.54, 1.807) is 18.2 Å². The highest BCUT2D eigenvalue weighted by Crippen LogP contribution is 2.35. The molecule has 0 aliphatic carbocycles. The highest BCUT2D eigenvalue weighted by molar-refractivity contribution is 7.25. The first-order valence-electron chi connectivity index (χ1n) is 8.79. The van der Waals surface area contributed by atoms with Gasteiger partial charge in [-0.25, -0.2) is 4.79 Å². The average Bonchev–Trinajstić information content (AvgIpc) is 2.69. The van der Waals surface area contributed by atoms with E-state index in [0.717, 1.165) is 11.1 Å². The van der Waals surface area contributed by atoms with Crippen molar-refractivity contribution >= 4 is 14.4 Å². The van der Waals surface area contributed by atoms with Crippen molar-refractivity contribution in [2.45, 2.75) is 30.3 Å². The summed E-state index contributed by atoms with van der Waals surface area (Å²) >= 11 is 0. The van der Waals surface area contributed by atoms with Gasteiger partial charge in [0, 0.05) is 13.0 Å². The average molecular weight is 389 g/mol. The molecule has 2 aromatic carbocycles. The minimum atomic E-state index is -1.47. The lowest BCUT2D eigenvalue weighted by Gasteiger charge is -2.43. The molecule has 1 saturated heterocycles. The van der Waals surface area contributed by atoms with Gasteiger partial charge >= 0.3 is 5.97 Å². The lowest BCUT2D eigenvalue weighted by molar-refractivity contribution is -0.103. The van der Waals surface area contributed by atoms with Crippen LogP contribution in [-0.4, -0.2) is 40.8 Å². The molecular weight excluding hydrogens is 365 g/mol. The standard InChI is InChI=1S/C20H24NO5P/c1-19(16-9-5-8-15(10-16)18(22)23)13-26-17(12-21-19)20(24,27-25)11-14-6-3-2-4-7-14/h2-10,17,21,24H,11-13,27H2,1H3,(H,22,23)/t17-,19+,20?/m1/s1. The van der Waals surface area contributed by atoms with E-state index in [4.69, 9.17) is 4.74 Å². The van der Waals surface area contributed by atoms with E-state index < -0.39 is 31.4 Å². The number of morpholine rings is 1. The molecule has 27 heavy (non-hydrogen) atoms. The number of hydrogen-bond acceptors (Lipinski definition) is 5. The SMILES string of the molecule is C[C@@]1(c2cccc(C(=O)O)c2)CO[C@@H](C(O)(Cc2ccccc2)[PH2]=O)CN1. The van der Waals surface area contributed by atoms with Gasteiger partial charge in [-0.15, -0.1) is 0 Å². The normalized spacial score (nSPS) is 25.3. The predicted molar refractivity (Wildman–Crippen MR) is 104 cm³/mol. The van der Waals surface area contributed by atoms with Crippen molar-refractivity contribution in [2.75, 3.05) is 13.2 Å². The molecule has 0 aromatic heterocycles. The van der Waals surface area contributed by atoms with Gasteiger partial charge in [-0.2, -0.15) is 0 Å². The molecule has 3 rings (SSSR count). The Morgan fingerprint density at radius 2 is 2.04 bits per heavy atom. The van der Waals surface area contributed by atoms with Crippen molar-refractivity contribution in [3.8, 4) is 0 Å². The number of rotatable bonds is 6. The Morgan fingerprint density at radius 1 is 1.30 bits per heavy atom. The van der Waals surface area contributed by atoms with Crippen molar-refractivity contribution in [1.29, 1.82) is 0 Å². The topological polar surface area (TPSA) is 95.9 Å². The lowest BCUT2D eigenvalue weighted by Crippen LogP contribution is -2.59. The van der Waals surface area contributed by atoms with E-state index in [1.165, 1.54) is 0 Å². The molecule has 1 aliphatic rings. The van der Waals surface area contributed by atoms with E-state index in [0.29, 0.717) is 6.54 Å². The number of carboxylic acid groups (broad SMARTS) is 1. The van der Waals surface area contributed by atoms with Crippen molar-refractivity contribution in [3.05, 3.63) is 71.3 Å². The molecule has 0 bridgehead atoms. The molecule has 0 radical (unpaired) electrons. The first-order chi connectivity index (χ1) is 12.9. The first kappa shape index (κ1) is 19.8. The molecular formula is C20H24NO5P. The second-order valence-corrected chi connectivity index (χ2v) is 8.41.